The van der Waals surface area contributed by atoms with Crippen molar-refractivity contribution in [2.45, 2.75) is 31.6 Å². The van der Waals surface area contributed by atoms with Crippen LogP contribution in [0.1, 0.15) is 26.7 Å². The van der Waals surface area contributed by atoms with Crippen molar-refractivity contribution in [3.05, 3.63) is 24.0 Å². The van der Waals surface area contributed by atoms with Gasteiger partial charge in [0.05, 0.1) is 10.6 Å². The van der Waals surface area contributed by atoms with E-state index in [1.807, 2.05) is 0 Å². The van der Waals surface area contributed by atoms with Crippen LogP contribution in [-0.4, -0.2) is 15.0 Å². The minimum Gasteiger partial charge on any atom is -0.396 e. The average Bonchev–Trinajstić information content (AvgIpc) is 2.28. The summed E-state index contributed by atoms with van der Waals surface area (Å²) in [6.45, 7) is 4.53. The molecular weight excluding hydrogens is 255 g/mol. The molecule has 0 aliphatic rings. The normalized spacial score (nSPS) is 12.0. The zero-order valence-corrected chi connectivity index (χ0v) is 11.4. The lowest BCUT2D eigenvalue weighted by Crippen LogP contribution is -2.25. The second-order valence-corrected chi connectivity index (χ2v) is 6.38. The maximum Gasteiger partial charge on any atom is 0.240 e. The minimum atomic E-state index is -3.59. The molecule has 0 fully saturated rings. The van der Waals surface area contributed by atoms with Crippen LogP contribution < -0.4 is 10.5 Å². The Hall–Kier alpha value is -1.14. The van der Waals surface area contributed by atoms with Gasteiger partial charge >= 0.3 is 0 Å². The highest BCUT2D eigenvalue weighted by Gasteiger charge is 2.14. The van der Waals surface area contributed by atoms with Crippen LogP contribution >= 0.6 is 0 Å². The molecule has 0 bridgehead atoms. The van der Waals surface area contributed by atoms with Crippen LogP contribution in [0.4, 0.5) is 10.1 Å². The van der Waals surface area contributed by atoms with Gasteiger partial charge in [-0.15, -0.1) is 0 Å². The number of benzene rings is 1. The number of sulfonamides is 1. The number of anilines is 1. The summed E-state index contributed by atoms with van der Waals surface area (Å²) in [5.74, 6) is -0.0790. The summed E-state index contributed by atoms with van der Waals surface area (Å²) in [4.78, 5) is -0.00838. The van der Waals surface area contributed by atoms with E-state index in [0.29, 0.717) is 12.5 Å². The van der Waals surface area contributed by atoms with Gasteiger partial charge < -0.3 is 5.73 Å². The van der Waals surface area contributed by atoms with Gasteiger partial charge in [0.25, 0.3) is 0 Å². The van der Waals surface area contributed by atoms with E-state index >= 15 is 0 Å². The topological polar surface area (TPSA) is 72.2 Å². The summed E-state index contributed by atoms with van der Waals surface area (Å²) < 4.78 is 39.1. The SMILES string of the molecule is CC(C)CCCNS(=O)(=O)c1ccc(F)c(N)c1. The maximum absolute atomic E-state index is 12.9. The molecule has 6 heteroatoms. The Morgan fingerprint density at radius 2 is 2.06 bits per heavy atom. The first kappa shape index (κ1) is 14.9. The quantitative estimate of drug-likeness (QED) is 0.616. The molecule has 0 saturated heterocycles. The van der Waals surface area contributed by atoms with Gasteiger partial charge in [-0.25, -0.2) is 17.5 Å². The summed E-state index contributed by atoms with van der Waals surface area (Å²) in [7, 11) is -3.59. The van der Waals surface area contributed by atoms with E-state index in [9.17, 15) is 12.8 Å². The number of nitrogen functional groups attached to an aromatic ring is 1. The van der Waals surface area contributed by atoms with Crippen molar-refractivity contribution < 1.29 is 12.8 Å². The van der Waals surface area contributed by atoms with E-state index in [2.05, 4.69) is 18.6 Å². The first-order valence-corrected chi connectivity index (χ1v) is 7.36. The van der Waals surface area contributed by atoms with E-state index in [-0.39, 0.29) is 10.6 Å². The largest absolute Gasteiger partial charge is 0.396 e. The highest BCUT2D eigenvalue weighted by molar-refractivity contribution is 7.89. The maximum atomic E-state index is 12.9. The van der Waals surface area contributed by atoms with Crippen molar-refractivity contribution in [2.75, 3.05) is 12.3 Å². The highest BCUT2D eigenvalue weighted by atomic mass is 32.2. The molecule has 102 valence electrons. The van der Waals surface area contributed by atoms with Gasteiger partial charge in [-0.3, -0.25) is 0 Å². The first-order chi connectivity index (χ1) is 8.33. The molecule has 1 rings (SSSR count). The molecule has 0 atom stereocenters. The molecule has 0 spiro atoms. The number of hydrogen-bond donors (Lipinski definition) is 2. The van der Waals surface area contributed by atoms with Gasteiger partial charge in [-0.05, 0) is 37.0 Å². The minimum absolute atomic E-state index is 0.00838. The molecule has 0 amide bonds. The first-order valence-electron chi connectivity index (χ1n) is 5.87. The Labute approximate surface area is 107 Å². The Morgan fingerprint density at radius 1 is 1.39 bits per heavy atom. The van der Waals surface area contributed by atoms with E-state index in [1.54, 1.807) is 0 Å². The highest BCUT2D eigenvalue weighted by Crippen LogP contribution is 2.16. The Kier molecular flexibility index (Phi) is 5.10. The van der Waals surface area contributed by atoms with Crippen molar-refractivity contribution in [3.8, 4) is 0 Å². The second-order valence-electron chi connectivity index (χ2n) is 4.62. The molecule has 0 aromatic heterocycles. The molecule has 0 unspecified atom stereocenters. The van der Waals surface area contributed by atoms with E-state index in [4.69, 9.17) is 5.73 Å². The number of rotatable bonds is 6. The molecule has 3 N–H and O–H groups in total. The number of halogens is 1. The third-order valence-corrected chi connectivity index (χ3v) is 3.99. The average molecular weight is 274 g/mol. The third-order valence-electron chi connectivity index (χ3n) is 2.53. The molecular formula is C12H19FN2O2S. The fourth-order valence-electron chi connectivity index (χ4n) is 1.49. The molecule has 0 saturated carbocycles. The van der Waals surface area contributed by atoms with Crippen LogP contribution in [0.25, 0.3) is 0 Å². The van der Waals surface area contributed by atoms with Crippen LogP contribution in [0.15, 0.2) is 23.1 Å². The van der Waals surface area contributed by atoms with E-state index in [0.717, 1.165) is 25.0 Å². The van der Waals surface area contributed by atoms with Crippen LogP contribution in [-0.2, 0) is 10.0 Å². The summed E-state index contributed by atoms with van der Waals surface area (Å²) in [5, 5.41) is 0. The van der Waals surface area contributed by atoms with Crippen molar-refractivity contribution >= 4 is 15.7 Å². The second kappa shape index (κ2) is 6.15. The van der Waals surface area contributed by atoms with Gasteiger partial charge in [-0.2, -0.15) is 0 Å². The molecule has 4 nitrogen and oxygen atoms in total. The Balaban J connectivity index is 2.66. The molecule has 0 aliphatic heterocycles. The predicted molar refractivity (Wildman–Crippen MR) is 70.1 cm³/mol. The van der Waals surface area contributed by atoms with Crippen molar-refractivity contribution in [3.63, 3.8) is 0 Å². The van der Waals surface area contributed by atoms with E-state index in [1.165, 1.54) is 6.07 Å². The van der Waals surface area contributed by atoms with Crippen molar-refractivity contribution in [1.29, 1.82) is 0 Å². The Morgan fingerprint density at radius 3 is 2.61 bits per heavy atom. The van der Waals surface area contributed by atoms with Gasteiger partial charge in [-0.1, -0.05) is 13.8 Å². The van der Waals surface area contributed by atoms with Crippen LogP contribution in [0, 0.1) is 11.7 Å². The van der Waals surface area contributed by atoms with Gasteiger partial charge in [0.15, 0.2) is 0 Å². The molecule has 1 aromatic rings. The van der Waals surface area contributed by atoms with Gasteiger partial charge in [0.1, 0.15) is 5.82 Å². The predicted octanol–water partition coefficient (Wildman–Crippen LogP) is 2.12. The summed E-state index contributed by atoms with van der Waals surface area (Å²) in [5.41, 5.74) is 5.18. The van der Waals surface area contributed by atoms with Gasteiger partial charge in [0.2, 0.25) is 10.0 Å². The van der Waals surface area contributed by atoms with Crippen molar-refractivity contribution in [2.24, 2.45) is 5.92 Å². The lowest BCUT2D eigenvalue weighted by Gasteiger charge is -2.08. The lowest BCUT2D eigenvalue weighted by atomic mass is 10.1. The number of hydrogen-bond acceptors (Lipinski definition) is 3. The molecule has 0 radical (unpaired) electrons. The molecule has 0 heterocycles. The smallest absolute Gasteiger partial charge is 0.240 e. The monoisotopic (exact) mass is 274 g/mol. The van der Waals surface area contributed by atoms with Crippen LogP contribution in [0.3, 0.4) is 0 Å². The Bertz CT molecular complexity index is 501. The fourth-order valence-corrected chi connectivity index (χ4v) is 2.60. The zero-order chi connectivity index (χ0) is 13.8. The fraction of sp³-hybridized carbons (Fsp3) is 0.500. The van der Waals surface area contributed by atoms with E-state index < -0.39 is 15.8 Å². The third kappa shape index (κ3) is 4.27. The summed E-state index contributed by atoms with van der Waals surface area (Å²) in [6, 6.07) is 3.38. The summed E-state index contributed by atoms with van der Waals surface area (Å²) in [6.07, 6.45) is 1.72. The summed E-state index contributed by atoms with van der Waals surface area (Å²) >= 11 is 0. The van der Waals surface area contributed by atoms with Crippen LogP contribution in [0.2, 0.25) is 0 Å². The lowest BCUT2D eigenvalue weighted by molar-refractivity contribution is 0.539. The molecule has 0 aliphatic carbocycles. The van der Waals surface area contributed by atoms with Gasteiger partial charge in [0, 0.05) is 6.54 Å². The molecule has 1 aromatic carbocycles. The standard InChI is InChI=1S/C12H19FN2O2S/c1-9(2)4-3-7-15-18(16,17)10-5-6-11(13)12(14)8-10/h5-6,8-9,15H,3-4,7,14H2,1-2H3. The number of nitrogens with two attached hydrogens (primary N) is 1. The molecule has 18 heavy (non-hydrogen) atoms. The zero-order valence-electron chi connectivity index (χ0n) is 10.6. The van der Waals surface area contributed by atoms with Crippen molar-refractivity contribution in [1.82, 2.24) is 4.72 Å². The van der Waals surface area contributed by atoms with Crippen LogP contribution in [0.5, 0.6) is 0 Å². The number of nitrogens with one attached hydrogen (secondary N) is 1.